The van der Waals surface area contributed by atoms with Crippen LogP contribution < -0.4 is 4.90 Å². The highest BCUT2D eigenvalue weighted by molar-refractivity contribution is 7.17. The molecular weight excluding hydrogens is 358 g/mol. The van der Waals surface area contributed by atoms with Gasteiger partial charge in [0, 0.05) is 39.4 Å². The smallest absolute Gasteiger partial charge is 0.265 e. The van der Waals surface area contributed by atoms with Gasteiger partial charge in [-0.15, -0.1) is 0 Å². The lowest BCUT2D eigenvalue weighted by molar-refractivity contribution is 0.0191. The molecule has 1 aliphatic carbocycles. The van der Waals surface area contributed by atoms with Crippen LogP contribution in [-0.2, 0) is 4.74 Å². The number of amides is 1. The number of rotatable bonds is 2. The van der Waals surface area contributed by atoms with Gasteiger partial charge in [-0.2, -0.15) is 0 Å². The van der Waals surface area contributed by atoms with Crippen molar-refractivity contribution in [2.45, 2.75) is 51.9 Å². The Kier molecular flexibility index (Phi) is 4.67. The maximum atomic E-state index is 13.2. The first-order valence-electron chi connectivity index (χ1n) is 10.7. The fourth-order valence-electron chi connectivity index (χ4n) is 5.74. The summed E-state index contributed by atoms with van der Waals surface area (Å²) < 4.78 is 5.54. The minimum absolute atomic E-state index is 0.205. The van der Waals surface area contributed by atoms with Gasteiger partial charge in [0.25, 0.3) is 5.91 Å². The van der Waals surface area contributed by atoms with Gasteiger partial charge in [-0.1, -0.05) is 24.2 Å². The maximum Gasteiger partial charge on any atom is 0.265 e. The van der Waals surface area contributed by atoms with Crippen LogP contribution in [0, 0.1) is 24.2 Å². The summed E-state index contributed by atoms with van der Waals surface area (Å²) in [6.07, 6.45) is 8.84. The maximum absolute atomic E-state index is 13.2. The molecule has 1 amide bonds. The molecule has 4 aliphatic rings. The summed E-state index contributed by atoms with van der Waals surface area (Å²) in [6, 6.07) is 0. The van der Waals surface area contributed by atoms with E-state index in [0.717, 1.165) is 86.2 Å². The number of aromatic nitrogens is 1. The number of hydrogen-bond acceptors (Lipinski definition) is 5. The summed E-state index contributed by atoms with van der Waals surface area (Å²) in [6.45, 7) is 7.77. The van der Waals surface area contributed by atoms with Crippen molar-refractivity contribution >= 4 is 22.4 Å². The monoisotopic (exact) mass is 389 g/mol. The molecule has 3 saturated heterocycles. The topological polar surface area (TPSA) is 45.7 Å². The minimum atomic E-state index is 0.205. The van der Waals surface area contributed by atoms with Crippen molar-refractivity contribution in [1.29, 1.82) is 0 Å². The molecule has 27 heavy (non-hydrogen) atoms. The van der Waals surface area contributed by atoms with Gasteiger partial charge in [-0.05, 0) is 56.3 Å². The summed E-state index contributed by atoms with van der Waals surface area (Å²) in [7, 11) is 0. The Morgan fingerprint density at radius 2 is 1.85 bits per heavy atom. The van der Waals surface area contributed by atoms with Crippen molar-refractivity contribution in [1.82, 2.24) is 9.88 Å². The zero-order valence-corrected chi connectivity index (χ0v) is 17.2. The molecule has 4 heterocycles. The van der Waals surface area contributed by atoms with Crippen LogP contribution in [0.2, 0.25) is 0 Å². The fraction of sp³-hybridized carbons (Fsp3) is 0.810. The van der Waals surface area contributed by atoms with Crippen molar-refractivity contribution in [3.63, 3.8) is 0 Å². The Labute approximate surface area is 166 Å². The van der Waals surface area contributed by atoms with Crippen LogP contribution in [-0.4, -0.2) is 55.2 Å². The van der Waals surface area contributed by atoms with E-state index in [0.29, 0.717) is 5.41 Å². The molecule has 1 saturated carbocycles. The molecule has 1 aromatic rings. The van der Waals surface area contributed by atoms with Crippen molar-refractivity contribution in [2.75, 3.05) is 44.3 Å². The lowest BCUT2D eigenvalue weighted by Gasteiger charge is -2.33. The summed E-state index contributed by atoms with van der Waals surface area (Å²) in [5.41, 5.74) is 1.22. The van der Waals surface area contributed by atoms with Crippen molar-refractivity contribution in [3.05, 3.63) is 10.6 Å². The predicted molar refractivity (Wildman–Crippen MR) is 108 cm³/mol. The Morgan fingerprint density at radius 1 is 1.15 bits per heavy atom. The molecule has 1 aromatic heterocycles. The second-order valence-electron chi connectivity index (χ2n) is 9.21. The molecule has 3 aliphatic heterocycles. The second-order valence-corrected chi connectivity index (χ2v) is 10.2. The standard InChI is InChI=1S/C21H31N3O2S/c1-15-18(19(25)23-9-6-21(14-23)7-10-26-11-8-21)27-20(22-15)24-12-16-4-2-3-5-17(16)13-24/h16-17H,2-14H2,1H3. The van der Waals surface area contributed by atoms with E-state index in [2.05, 4.69) is 9.80 Å². The molecule has 5 nitrogen and oxygen atoms in total. The third kappa shape index (κ3) is 3.29. The fourth-order valence-corrected chi connectivity index (χ4v) is 6.80. The van der Waals surface area contributed by atoms with E-state index < -0.39 is 0 Å². The largest absolute Gasteiger partial charge is 0.381 e. The number of carbonyl (C=O) groups excluding carboxylic acids is 1. The number of nitrogens with zero attached hydrogens (tertiary/aromatic N) is 3. The Balaban J connectivity index is 1.29. The number of anilines is 1. The van der Waals surface area contributed by atoms with Gasteiger partial charge in [-0.3, -0.25) is 4.79 Å². The van der Waals surface area contributed by atoms with Gasteiger partial charge in [0.15, 0.2) is 5.13 Å². The normalized spacial score (nSPS) is 30.1. The minimum Gasteiger partial charge on any atom is -0.381 e. The molecule has 148 valence electrons. The highest BCUT2D eigenvalue weighted by Crippen LogP contribution is 2.42. The molecule has 0 aromatic carbocycles. The van der Waals surface area contributed by atoms with Crippen LogP contribution in [0.4, 0.5) is 5.13 Å². The lowest BCUT2D eigenvalue weighted by Crippen LogP contribution is -2.35. The van der Waals surface area contributed by atoms with Crippen LogP contribution in [0.3, 0.4) is 0 Å². The van der Waals surface area contributed by atoms with Gasteiger partial charge in [0.1, 0.15) is 4.88 Å². The number of aryl methyl sites for hydroxylation is 1. The summed E-state index contributed by atoms with van der Waals surface area (Å²) in [5.74, 6) is 1.89. The Hall–Kier alpha value is -1.14. The van der Waals surface area contributed by atoms with Crippen molar-refractivity contribution in [2.24, 2.45) is 17.3 Å². The summed E-state index contributed by atoms with van der Waals surface area (Å²) >= 11 is 1.63. The molecule has 0 N–H and O–H groups in total. The van der Waals surface area contributed by atoms with Crippen molar-refractivity contribution < 1.29 is 9.53 Å². The van der Waals surface area contributed by atoms with E-state index in [1.165, 1.54) is 25.7 Å². The second kappa shape index (κ2) is 7.03. The molecule has 2 unspecified atom stereocenters. The third-order valence-corrected chi connectivity index (χ3v) is 8.71. The number of carbonyl (C=O) groups is 1. The van der Waals surface area contributed by atoms with Crippen LogP contribution in [0.25, 0.3) is 0 Å². The van der Waals surface area contributed by atoms with Crippen LogP contribution in [0.5, 0.6) is 0 Å². The molecule has 1 spiro atoms. The average Bonchev–Trinajstić information content (AvgIpc) is 3.38. The molecule has 4 fully saturated rings. The zero-order chi connectivity index (χ0) is 18.4. The van der Waals surface area contributed by atoms with Crippen LogP contribution >= 0.6 is 11.3 Å². The van der Waals surface area contributed by atoms with Gasteiger partial charge in [0.05, 0.1) is 5.69 Å². The van der Waals surface area contributed by atoms with E-state index in [-0.39, 0.29) is 5.91 Å². The van der Waals surface area contributed by atoms with Crippen LogP contribution in [0.15, 0.2) is 0 Å². The van der Waals surface area contributed by atoms with E-state index >= 15 is 0 Å². The Morgan fingerprint density at radius 3 is 2.56 bits per heavy atom. The van der Waals surface area contributed by atoms with Gasteiger partial charge < -0.3 is 14.5 Å². The van der Waals surface area contributed by atoms with E-state index in [1.807, 2.05) is 6.92 Å². The average molecular weight is 390 g/mol. The molecule has 2 atom stereocenters. The van der Waals surface area contributed by atoms with Crippen LogP contribution in [0.1, 0.15) is 60.3 Å². The number of hydrogen-bond donors (Lipinski definition) is 0. The van der Waals surface area contributed by atoms with E-state index in [9.17, 15) is 4.79 Å². The predicted octanol–water partition coefficient (Wildman–Crippen LogP) is 3.72. The molecule has 0 bridgehead atoms. The SMILES string of the molecule is Cc1nc(N2CC3CCCCC3C2)sc1C(=O)N1CCC2(CCOCC2)C1. The Bertz CT molecular complexity index is 698. The zero-order valence-electron chi connectivity index (χ0n) is 16.4. The van der Waals surface area contributed by atoms with E-state index in [1.54, 1.807) is 11.3 Å². The van der Waals surface area contributed by atoms with Gasteiger partial charge >= 0.3 is 0 Å². The number of thiazole rings is 1. The number of likely N-dealkylation sites (tertiary alicyclic amines) is 1. The summed E-state index contributed by atoms with van der Waals surface area (Å²) in [4.78, 5) is 23.4. The summed E-state index contributed by atoms with van der Waals surface area (Å²) in [5, 5.41) is 1.07. The first kappa shape index (κ1) is 17.9. The third-order valence-electron chi connectivity index (χ3n) is 7.51. The first-order chi connectivity index (χ1) is 13.1. The highest BCUT2D eigenvalue weighted by atomic mass is 32.1. The van der Waals surface area contributed by atoms with Crippen molar-refractivity contribution in [3.8, 4) is 0 Å². The van der Waals surface area contributed by atoms with Gasteiger partial charge in [0.2, 0.25) is 0 Å². The molecular formula is C21H31N3O2S. The number of fused-ring (bicyclic) bond motifs is 1. The number of ether oxygens (including phenoxy) is 1. The first-order valence-corrected chi connectivity index (χ1v) is 11.5. The quantitative estimate of drug-likeness (QED) is 0.773. The van der Waals surface area contributed by atoms with E-state index in [4.69, 9.17) is 9.72 Å². The highest BCUT2D eigenvalue weighted by Gasteiger charge is 2.42. The lowest BCUT2D eigenvalue weighted by atomic mass is 9.80. The molecule has 6 heteroatoms. The van der Waals surface area contributed by atoms with Gasteiger partial charge in [-0.25, -0.2) is 4.98 Å². The molecule has 5 rings (SSSR count). The molecule has 0 radical (unpaired) electrons.